The maximum absolute atomic E-state index is 14.4. The van der Waals surface area contributed by atoms with Crippen LogP contribution in [-0.4, -0.2) is 23.2 Å². The number of hydrogen-bond donors (Lipinski definition) is 3. The average Bonchev–Trinajstić information content (AvgIpc) is 3.07. The molecule has 1 heterocycles. The normalized spacial score (nSPS) is 20.9. The van der Waals surface area contributed by atoms with Crippen LogP contribution in [0, 0.1) is 17.6 Å². The summed E-state index contributed by atoms with van der Waals surface area (Å²) in [7, 11) is 0. The monoisotopic (exact) mass is 449 g/mol. The summed E-state index contributed by atoms with van der Waals surface area (Å²) in [4.78, 5) is 15.1. The molecule has 2 aliphatic rings. The fraction of sp³-hybridized carbons (Fsp3) is 0.435. The minimum absolute atomic E-state index is 0.0237. The number of nitrogens with one attached hydrogen (secondary N) is 2. The Kier molecular flexibility index (Phi) is 6.77. The first kappa shape index (κ1) is 22.0. The third-order valence-corrected chi connectivity index (χ3v) is 6.71. The van der Waals surface area contributed by atoms with Crippen LogP contribution < -0.4 is 10.5 Å². The smallest absolute Gasteiger partial charge is 0.220 e. The van der Waals surface area contributed by atoms with Gasteiger partial charge in [-0.2, -0.15) is 0 Å². The summed E-state index contributed by atoms with van der Waals surface area (Å²) in [5.74, 6) is -0.175. The molecule has 0 radical (unpaired) electrons. The van der Waals surface area contributed by atoms with Crippen molar-refractivity contribution in [2.45, 2.75) is 44.4 Å². The molecule has 4 nitrogen and oxygen atoms in total. The van der Waals surface area contributed by atoms with Crippen LogP contribution in [0.5, 0.6) is 0 Å². The summed E-state index contributed by atoms with van der Waals surface area (Å²) in [5.41, 5.74) is 2.87. The molecule has 166 valence electrons. The van der Waals surface area contributed by atoms with Crippen LogP contribution in [-0.2, 0) is 4.79 Å². The molecule has 0 spiro atoms. The van der Waals surface area contributed by atoms with Gasteiger partial charge in [0.1, 0.15) is 17.5 Å². The topological polar surface area (TPSA) is 70.9 Å². The summed E-state index contributed by atoms with van der Waals surface area (Å²) < 4.78 is 41.9. The zero-order chi connectivity index (χ0) is 22.0. The van der Waals surface area contributed by atoms with Gasteiger partial charge in [0.2, 0.25) is 5.91 Å². The van der Waals surface area contributed by atoms with Gasteiger partial charge in [0.05, 0.1) is 5.52 Å². The van der Waals surface area contributed by atoms with Gasteiger partial charge in [-0.05, 0) is 60.8 Å². The quantitative estimate of drug-likeness (QED) is 0.370. The lowest BCUT2D eigenvalue weighted by molar-refractivity contribution is -0.121. The maximum atomic E-state index is 14.4. The van der Waals surface area contributed by atoms with Gasteiger partial charge >= 0.3 is 0 Å². The average molecular weight is 450 g/mol. The van der Waals surface area contributed by atoms with Crippen molar-refractivity contribution in [2.75, 3.05) is 12.3 Å². The van der Waals surface area contributed by atoms with Gasteiger partial charge in [-0.25, -0.2) is 13.2 Å². The predicted molar refractivity (Wildman–Crippen MR) is 119 cm³/mol. The van der Waals surface area contributed by atoms with Gasteiger partial charge in [0.15, 0.2) is 0 Å². The number of carbonyl (C=O) groups is 1. The Morgan fingerprint density at radius 2 is 2.00 bits per heavy atom. The summed E-state index contributed by atoms with van der Waals surface area (Å²) in [5, 5.41) is 8.89. The Labute approximate surface area is 183 Å². The number of hydrogen-bond acceptors (Lipinski definition) is 3. The summed E-state index contributed by atoms with van der Waals surface area (Å²) in [6.07, 6.45) is 6.84. The molecule has 0 bridgehead atoms. The SMILES string of the molecule is NSCCCC(=O)NCC1CC(c2c(C3=CC=C(F)CC3)[nH]c3c(F)cc(F)cc23)C1. The van der Waals surface area contributed by atoms with Crippen LogP contribution in [0.1, 0.15) is 55.7 Å². The molecule has 0 atom stereocenters. The number of amides is 1. The van der Waals surface area contributed by atoms with Crippen molar-refractivity contribution in [3.63, 3.8) is 0 Å². The van der Waals surface area contributed by atoms with E-state index < -0.39 is 11.6 Å². The Morgan fingerprint density at radius 3 is 2.71 bits per heavy atom. The van der Waals surface area contributed by atoms with E-state index in [1.54, 1.807) is 6.08 Å². The van der Waals surface area contributed by atoms with E-state index in [1.165, 1.54) is 24.1 Å². The number of allylic oxidation sites excluding steroid dienone is 4. The molecule has 1 saturated carbocycles. The van der Waals surface area contributed by atoms with Crippen LogP contribution in [0.15, 0.2) is 30.1 Å². The van der Waals surface area contributed by atoms with E-state index >= 15 is 0 Å². The van der Waals surface area contributed by atoms with Gasteiger partial charge in [0, 0.05) is 42.3 Å². The molecule has 0 aliphatic heterocycles. The second kappa shape index (κ2) is 9.53. The third kappa shape index (κ3) is 4.85. The number of aromatic amines is 1. The van der Waals surface area contributed by atoms with Crippen LogP contribution in [0.2, 0.25) is 0 Å². The van der Waals surface area contributed by atoms with E-state index in [1.807, 2.05) is 0 Å². The number of H-pyrrole nitrogens is 1. The molecule has 1 amide bonds. The van der Waals surface area contributed by atoms with Gasteiger partial charge in [0.25, 0.3) is 0 Å². The first-order valence-electron chi connectivity index (χ1n) is 10.6. The van der Waals surface area contributed by atoms with Crippen LogP contribution in [0.4, 0.5) is 13.2 Å². The van der Waals surface area contributed by atoms with E-state index in [2.05, 4.69) is 10.3 Å². The predicted octanol–water partition coefficient (Wildman–Crippen LogP) is 5.47. The summed E-state index contributed by atoms with van der Waals surface area (Å²) in [6, 6.07) is 2.25. The molecule has 8 heteroatoms. The van der Waals surface area contributed by atoms with Gasteiger partial charge in [-0.15, -0.1) is 0 Å². The second-order valence-electron chi connectivity index (χ2n) is 8.34. The lowest BCUT2D eigenvalue weighted by Crippen LogP contribution is -2.35. The maximum Gasteiger partial charge on any atom is 0.220 e. The van der Waals surface area contributed by atoms with E-state index in [4.69, 9.17) is 5.14 Å². The molecule has 1 aromatic carbocycles. The van der Waals surface area contributed by atoms with Gasteiger partial charge in [-0.1, -0.05) is 18.0 Å². The molecule has 1 aromatic heterocycles. The molecule has 0 unspecified atom stereocenters. The number of nitrogens with two attached hydrogens (primary N) is 1. The molecule has 4 rings (SSSR count). The minimum atomic E-state index is -0.626. The van der Waals surface area contributed by atoms with Crippen molar-refractivity contribution in [1.29, 1.82) is 0 Å². The number of rotatable bonds is 8. The minimum Gasteiger partial charge on any atom is -0.356 e. The highest BCUT2D eigenvalue weighted by molar-refractivity contribution is 7.97. The molecule has 1 fully saturated rings. The molecular weight excluding hydrogens is 423 g/mol. The molecule has 0 saturated heterocycles. The van der Waals surface area contributed by atoms with Crippen LogP contribution in [0.3, 0.4) is 0 Å². The third-order valence-electron chi connectivity index (χ3n) is 6.18. The van der Waals surface area contributed by atoms with Gasteiger partial charge < -0.3 is 10.3 Å². The first-order valence-corrected chi connectivity index (χ1v) is 11.7. The number of halogens is 3. The van der Waals surface area contributed by atoms with E-state index in [0.29, 0.717) is 37.1 Å². The van der Waals surface area contributed by atoms with Crippen LogP contribution in [0.25, 0.3) is 16.5 Å². The van der Waals surface area contributed by atoms with E-state index in [-0.39, 0.29) is 23.2 Å². The van der Waals surface area contributed by atoms with Crippen molar-refractivity contribution in [1.82, 2.24) is 10.3 Å². The Morgan fingerprint density at radius 1 is 1.19 bits per heavy atom. The standard InChI is InChI=1S/C23H26F3N3OS/c24-16-5-3-14(4-6-16)22-21(18-10-17(25)11-19(26)23(18)29-22)15-8-13(9-15)12-28-20(30)2-1-7-31-27/h3,5,10-11,13,15,29H,1-2,4,6-9,12,27H2,(H,28,30). The molecule has 31 heavy (non-hydrogen) atoms. The zero-order valence-electron chi connectivity index (χ0n) is 17.1. The van der Waals surface area contributed by atoms with Crippen molar-refractivity contribution >= 4 is 34.3 Å². The first-order chi connectivity index (χ1) is 15.0. The van der Waals surface area contributed by atoms with Crippen molar-refractivity contribution in [2.24, 2.45) is 11.1 Å². The molecule has 4 N–H and O–H groups in total. The highest BCUT2D eigenvalue weighted by atomic mass is 32.2. The van der Waals surface area contributed by atoms with E-state index in [9.17, 15) is 18.0 Å². The molecule has 2 aromatic rings. The fourth-order valence-corrected chi connectivity index (χ4v) is 4.85. The summed E-state index contributed by atoms with van der Waals surface area (Å²) >= 11 is 1.23. The number of aromatic nitrogens is 1. The fourth-order valence-electron chi connectivity index (χ4n) is 4.54. The summed E-state index contributed by atoms with van der Waals surface area (Å²) in [6.45, 7) is 0.599. The Hall–Kier alpha value is -2.19. The van der Waals surface area contributed by atoms with Crippen LogP contribution >= 0.6 is 11.9 Å². The van der Waals surface area contributed by atoms with Crippen molar-refractivity contribution in [3.8, 4) is 0 Å². The van der Waals surface area contributed by atoms with Gasteiger partial charge in [-0.3, -0.25) is 9.93 Å². The lowest BCUT2D eigenvalue weighted by atomic mass is 9.70. The largest absolute Gasteiger partial charge is 0.356 e. The number of benzene rings is 1. The highest BCUT2D eigenvalue weighted by Crippen LogP contribution is 2.48. The molecular formula is C23H26F3N3OS. The van der Waals surface area contributed by atoms with Crippen molar-refractivity contribution in [3.05, 3.63) is 53.0 Å². The lowest BCUT2D eigenvalue weighted by Gasteiger charge is -2.36. The zero-order valence-corrected chi connectivity index (χ0v) is 18.0. The van der Waals surface area contributed by atoms with Crippen molar-refractivity contribution < 1.29 is 18.0 Å². The second-order valence-corrected chi connectivity index (χ2v) is 9.08. The number of carbonyl (C=O) groups excluding carboxylic acids is 1. The Balaban J connectivity index is 1.51. The highest BCUT2D eigenvalue weighted by Gasteiger charge is 2.35. The number of fused-ring (bicyclic) bond motifs is 1. The van der Waals surface area contributed by atoms with E-state index in [0.717, 1.165) is 47.9 Å². The molecule has 2 aliphatic carbocycles. The Bertz CT molecular complexity index is 1040.